The molecule has 1 N–H and O–H groups in total. The SMILES string of the molecule is CN(Cc1ccccc1)C(=O)COC(=O)CCCN1C(=O)NC2(CCCC2)C1=O. The van der Waals surface area contributed by atoms with Gasteiger partial charge in [0.25, 0.3) is 11.8 Å². The van der Waals surface area contributed by atoms with Crippen molar-refractivity contribution in [2.75, 3.05) is 20.2 Å². The number of rotatable bonds is 8. The number of esters is 1. The maximum atomic E-state index is 12.5. The van der Waals surface area contributed by atoms with E-state index in [0.717, 1.165) is 18.4 Å². The van der Waals surface area contributed by atoms with E-state index in [9.17, 15) is 19.2 Å². The normalized spacial score (nSPS) is 17.5. The van der Waals surface area contributed by atoms with Crippen LogP contribution in [-0.2, 0) is 25.7 Å². The molecule has 1 saturated carbocycles. The van der Waals surface area contributed by atoms with E-state index in [4.69, 9.17) is 4.74 Å². The molecule has 1 spiro atoms. The molecule has 0 bridgehead atoms. The van der Waals surface area contributed by atoms with Crippen LogP contribution in [-0.4, -0.2) is 59.4 Å². The van der Waals surface area contributed by atoms with Crippen LogP contribution in [0, 0.1) is 0 Å². The van der Waals surface area contributed by atoms with Crippen molar-refractivity contribution in [1.82, 2.24) is 15.1 Å². The second-order valence-corrected chi connectivity index (χ2v) is 7.68. The summed E-state index contributed by atoms with van der Waals surface area (Å²) >= 11 is 0. The second kappa shape index (κ2) is 9.07. The molecular weight excluding hydrogens is 374 g/mol. The maximum absolute atomic E-state index is 12.5. The molecule has 1 aromatic carbocycles. The largest absolute Gasteiger partial charge is 0.456 e. The molecule has 156 valence electrons. The van der Waals surface area contributed by atoms with E-state index in [1.165, 1.54) is 9.80 Å². The Kier molecular flexibility index (Phi) is 6.51. The first kappa shape index (κ1) is 20.8. The molecule has 8 nitrogen and oxygen atoms in total. The van der Waals surface area contributed by atoms with E-state index in [1.807, 2.05) is 30.3 Å². The van der Waals surface area contributed by atoms with Gasteiger partial charge in [0.2, 0.25) is 0 Å². The number of urea groups is 1. The lowest BCUT2D eigenvalue weighted by Crippen LogP contribution is -2.44. The van der Waals surface area contributed by atoms with Crippen LogP contribution in [0.5, 0.6) is 0 Å². The fourth-order valence-corrected chi connectivity index (χ4v) is 3.85. The minimum absolute atomic E-state index is 0.0414. The molecule has 0 atom stereocenters. The summed E-state index contributed by atoms with van der Waals surface area (Å²) in [5.41, 5.74) is 0.260. The Labute approximate surface area is 170 Å². The number of benzene rings is 1. The molecule has 1 saturated heterocycles. The highest BCUT2D eigenvalue weighted by Gasteiger charge is 2.52. The standard InChI is InChI=1S/C21H27N3O5/c1-23(14-16-8-3-2-4-9-16)17(25)15-29-18(26)10-7-13-24-19(27)21(22-20(24)28)11-5-6-12-21/h2-4,8-9H,5-7,10-15H2,1H3,(H,22,28). The fraction of sp³-hybridized carbons (Fsp3) is 0.524. The van der Waals surface area contributed by atoms with Gasteiger partial charge in [-0.05, 0) is 24.8 Å². The molecule has 0 radical (unpaired) electrons. The number of hydrogen-bond acceptors (Lipinski definition) is 5. The van der Waals surface area contributed by atoms with Crippen molar-refractivity contribution in [3.05, 3.63) is 35.9 Å². The third-order valence-corrected chi connectivity index (χ3v) is 5.51. The Morgan fingerprint density at radius 2 is 1.86 bits per heavy atom. The van der Waals surface area contributed by atoms with Crippen LogP contribution < -0.4 is 5.32 Å². The van der Waals surface area contributed by atoms with Gasteiger partial charge in [-0.2, -0.15) is 0 Å². The molecule has 8 heteroatoms. The Morgan fingerprint density at radius 1 is 1.17 bits per heavy atom. The van der Waals surface area contributed by atoms with Crippen molar-refractivity contribution in [2.24, 2.45) is 0 Å². The highest BCUT2D eigenvalue weighted by Crippen LogP contribution is 2.35. The minimum Gasteiger partial charge on any atom is -0.456 e. The van der Waals surface area contributed by atoms with E-state index in [2.05, 4.69) is 5.32 Å². The molecule has 4 amide bonds. The third kappa shape index (κ3) is 4.93. The number of ether oxygens (including phenoxy) is 1. The first-order valence-corrected chi connectivity index (χ1v) is 9.99. The molecule has 2 aliphatic rings. The summed E-state index contributed by atoms with van der Waals surface area (Å²) < 4.78 is 5.04. The molecular formula is C21H27N3O5. The minimum atomic E-state index is -0.729. The predicted molar refractivity (Wildman–Crippen MR) is 105 cm³/mol. The van der Waals surface area contributed by atoms with Gasteiger partial charge in [0.1, 0.15) is 5.54 Å². The molecule has 29 heavy (non-hydrogen) atoms. The van der Waals surface area contributed by atoms with E-state index >= 15 is 0 Å². The fourth-order valence-electron chi connectivity index (χ4n) is 3.85. The van der Waals surface area contributed by atoms with Crippen LogP contribution >= 0.6 is 0 Å². The van der Waals surface area contributed by atoms with Crippen molar-refractivity contribution in [3.63, 3.8) is 0 Å². The zero-order chi connectivity index (χ0) is 20.9. The average molecular weight is 401 g/mol. The first-order chi connectivity index (χ1) is 13.9. The van der Waals surface area contributed by atoms with Crippen molar-refractivity contribution in [2.45, 2.75) is 50.6 Å². The summed E-state index contributed by atoms with van der Waals surface area (Å²) in [4.78, 5) is 51.3. The molecule has 1 aliphatic heterocycles. The van der Waals surface area contributed by atoms with Crippen LogP contribution in [0.15, 0.2) is 30.3 Å². The summed E-state index contributed by atoms with van der Waals surface area (Å²) in [6, 6.07) is 9.15. The summed E-state index contributed by atoms with van der Waals surface area (Å²) in [7, 11) is 1.65. The topological polar surface area (TPSA) is 96.0 Å². The van der Waals surface area contributed by atoms with Gasteiger partial charge in [0.05, 0.1) is 0 Å². The lowest BCUT2D eigenvalue weighted by Gasteiger charge is -2.20. The number of nitrogens with one attached hydrogen (secondary N) is 1. The lowest BCUT2D eigenvalue weighted by atomic mass is 9.98. The highest BCUT2D eigenvalue weighted by atomic mass is 16.5. The summed E-state index contributed by atoms with van der Waals surface area (Å²) in [6.45, 7) is 0.281. The Bertz CT molecular complexity index is 774. The zero-order valence-electron chi connectivity index (χ0n) is 16.7. The smallest absolute Gasteiger partial charge is 0.325 e. The number of imide groups is 1. The summed E-state index contributed by atoms with van der Waals surface area (Å²) in [5, 5.41) is 2.81. The van der Waals surface area contributed by atoms with Gasteiger partial charge >= 0.3 is 12.0 Å². The van der Waals surface area contributed by atoms with Crippen LogP contribution in [0.1, 0.15) is 44.1 Å². The van der Waals surface area contributed by atoms with E-state index in [0.29, 0.717) is 25.8 Å². The number of carbonyl (C=O) groups excluding carboxylic acids is 4. The van der Waals surface area contributed by atoms with Gasteiger partial charge in [-0.25, -0.2) is 4.79 Å². The lowest BCUT2D eigenvalue weighted by molar-refractivity contribution is -0.151. The number of hydrogen-bond donors (Lipinski definition) is 1. The number of nitrogens with zero attached hydrogens (tertiary/aromatic N) is 2. The van der Waals surface area contributed by atoms with Crippen molar-refractivity contribution < 1.29 is 23.9 Å². The predicted octanol–water partition coefficient (Wildman–Crippen LogP) is 1.83. The number of likely N-dealkylation sites (N-methyl/N-ethyl adjacent to an activating group) is 1. The van der Waals surface area contributed by atoms with Gasteiger partial charge in [-0.3, -0.25) is 19.3 Å². The van der Waals surface area contributed by atoms with Crippen molar-refractivity contribution in [3.8, 4) is 0 Å². The Hall–Kier alpha value is -2.90. The van der Waals surface area contributed by atoms with Crippen molar-refractivity contribution in [1.29, 1.82) is 0 Å². The average Bonchev–Trinajstić information content (AvgIpc) is 3.27. The number of carbonyl (C=O) groups is 4. The summed E-state index contributed by atoms with van der Waals surface area (Å²) in [5.74, 6) is -1.00. The monoisotopic (exact) mass is 401 g/mol. The maximum Gasteiger partial charge on any atom is 0.325 e. The molecule has 0 unspecified atom stereocenters. The van der Waals surface area contributed by atoms with Gasteiger partial charge in [0.15, 0.2) is 6.61 Å². The molecule has 2 fully saturated rings. The van der Waals surface area contributed by atoms with E-state index < -0.39 is 11.5 Å². The van der Waals surface area contributed by atoms with Crippen LogP contribution in [0.25, 0.3) is 0 Å². The number of amides is 4. The first-order valence-electron chi connectivity index (χ1n) is 9.99. The van der Waals surface area contributed by atoms with Crippen LogP contribution in [0.3, 0.4) is 0 Å². The van der Waals surface area contributed by atoms with Crippen LogP contribution in [0.4, 0.5) is 4.79 Å². The Morgan fingerprint density at radius 3 is 2.55 bits per heavy atom. The van der Waals surface area contributed by atoms with E-state index in [1.54, 1.807) is 7.05 Å². The molecule has 1 aliphatic carbocycles. The summed E-state index contributed by atoms with van der Waals surface area (Å²) in [6.07, 6.45) is 3.56. The quantitative estimate of drug-likeness (QED) is 0.530. The zero-order valence-corrected chi connectivity index (χ0v) is 16.7. The third-order valence-electron chi connectivity index (χ3n) is 5.51. The Balaban J connectivity index is 1.36. The van der Waals surface area contributed by atoms with Gasteiger partial charge in [0, 0.05) is 26.6 Å². The van der Waals surface area contributed by atoms with E-state index in [-0.39, 0.29) is 37.4 Å². The van der Waals surface area contributed by atoms with Crippen molar-refractivity contribution >= 4 is 23.8 Å². The molecule has 1 aromatic rings. The second-order valence-electron chi connectivity index (χ2n) is 7.68. The molecule has 0 aromatic heterocycles. The highest BCUT2D eigenvalue weighted by molar-refractivity contribution is 6.07. The molecule has 3 rings (SSSR count). The van der Waals surface area contributed by atoms with Crippen LogP contribution in [0.2, 0.25) is 0 Å². The van der Waals surface area contributed by atoms with Gasteiger partial charge in [-0.1, -0.05) is 43.2 Å². The molecule has 1 heterocycles. The van der Waals surface area contributed by atoms with Gasteiger partial charge < -0.3 is 15.0 Å². The van der Waals surface area contributed by atoms with Gasteiger partial charge in [-0.15, -0.1) is 0 Å².